The van der Waals surface area contributed by atoms with E-state index in [1.54, 1.807) is 30.7 Å². The van der Waals surface area contributed by atoms with Gasteiger partial charge in [0.25, 0.3) is 10.0 Å². The number of hydrogen-bond donors (Lipinski definition) is 1. The lowest BCUT2D eigenvalue weighted by Gasteiger charge is -2.13. The Morgan fingerprint density at radius 3 is 2.59 bits per heavy atom. The zero-order valence-corrected chi connectivity index (χ0v) is 16.4. The summed E-state index contributed by atoms with van der Waals surface area (Å²) >= 11 is 0. The molecular weight excluding hydrogens is 394 g/mol. The number of rotatable bonds is 6. The molecule has 10 nitrogen and oxygen atoms in total. The van der Waals surface area contributed by atoms with Crippen molar-refractivity contribution in [2.24, 2.45) is 0 Å². The summed E-state index contributed by atoms with van der Waals surface area (Å²) in [5.41, 5.74) is 2.67. The van der Waals surface area contributed by atoms with Gasteiger partial charge in [-0.2, -0.15) is 4.68 Å². The lowest BCUT2D eigenvalue weighted by atomic mass is 10.2. The normalized spacial score (nSPS) is 11.4. The Morgan fingerprint density at radius 2 is 1.93 bits per heavy atom. The maximum Gasteiger partial charge on any atom is 0.261 e. The predicted octanol–water partition coefficient (Wildman–Crippen LogP) is 1.97. The van der Waals surface area contributed by atoms with Crippen LogP contribution in [-0.4, -0.2) is 45.3 Å². The van der Waals surface area contributed by atoms with Crippen molar-refractivity contribution in [2.45, 2.75) is 11.8 Å². The second-order valence-electron chi connectivity index (χ2n) is 6.16. The van der Waals surface area contributed by atoms with Gasteiger partial charge < -0.3 is 9.30 Å². The lowest BCUT2D eigenvalue weighted by molar-refractivity contribution is 0.411. The van der Waals surface area contributed by atoms with E-state index >= 15 is 0 Å². The van der Waals surface area contributed by atoms with Gasteiger partial charge in [0.15, 0.2) is 0 Å². The monoisotopic (exact) mass is 411 g/mol. The van der Waals surface area contributed by atoms with Gasteiger partial charge in [-0.1, -0.05) is 0 Å². The number of sulfonamides is 1. The van der Waals surface area contributed by atoms with Crippen LogP contribution in [0.25, 0.3) is 11.4 Å². The van der Waals surface area contributed by atoms with Gasteiger partial charge in [-0.25, -0.2) is 13.4 Å². The van der Waals surface area contributed by atoms with E-state index in [2.05, 4.69) is 25.2 Å². The molecule has 148 valence electrons. The average Bonchev–Trinajstić information content (AvgIpc) is 3.41. The topological polar surface area (TPSA) is 117 Å². The summed E-state index contributed by atoms with van der Waals surface area (Å²) in [5.74, 6) is 0.441. The first-order valence-electron chi connectivity index (χ1n) is 8.51. The molecule has 2 aromatic heterocycles. The van der Waals surface area contributed by atoms with Gasteiger partial charge in [-0.3, -0.25) is 4.72 Å². The number of ether oxygens (including phenoxy) is 1. The van der Waals surface area contributed by atoms with E-state index in [9.17, 15) is 8.42 Å². The summed E-state index contributed by atoms with van der Waals surface area (Å²) in [6.45, 7) is 1.90. The Morgan fingerprint density at radius 1 is 1.07 bits per heavy atom. The third-order valence-electron chi connectivity index (χ3n) is 4.29. The second-order valence-corrected chi connectivity index (χ2v) is 7.85. The van der Waals surface area contributed by atoms with Crippen LogP contribution in [0.15, 0.2) is 66.3 Å². The van der Waals surface area contributed by atoms with Crippen molar-refractivity contribution in [3.05, 3.63) is 67.0 Å². The fraction of sp³-hybridized carbons (Fsp3) is 0.111. The third kappa shape index (κ3) is 3.67. The molecule has 11 heteroatoms. The fourth-order valence-corrected chi connectivity index (χ4v) is 3.98. The SMILES string of the molecule is COc1ccc(S(=O)(=O)Nc2ccc(-n3ccnc3)c(C)c2)cc1-n1cnnn1. The van der Waals surface area contributed by atoms with Crippen LogP contribution < -0.4 is 9.46 Å². The van der Waals surface area contributed by atoms with E-state index in [1.807, 2.05) is 23.8 Å². The first-order valence-corrected chi connectivity index (χ1v) is 9.99. The highest BCUT2D eigenvalue weighted by atomic mass is 32.2. The third-order valence-corrected chi connectivity index (χ3v) is 5.67. The Hall–Kier alpha value is -3.73. The number of hydrogen-bond acceptors (Lipinski definition) is 7. The van der Waals surface area contributed by atoms with Crippen LogP contribution in [0.1, 0.15) is 5.56 Å². The first kappa shape index (κ1) is 18.6. The molecule has 29 heavy (non-hydrogen) atoms. The van der Waals surface area contributed by atoms with Gasteiger partial charge in [0.2, 0.25) is 0 Å². The van der Waals surface area contributed by atoms with Crippen molar-refractivity contribution < 1.29 is 13.2 Å². The maximum atomic E-state index is 12.9. The Labute approximate surface area is 166 Å². The molecule has 0 radical (unpaired) electrons. The molecule has 4 aromatic rings. The highest BCUT2D eigenvalue weighted by Gasteiger charge is 2.18. The van der Waals surface area contributed by atoms with E-state index < -0.39 is 10.0 Å². The molecule has 0 spiro atoms. The molecule has 0 aliphatic carbocycles. The van der Waals surface area contributed by atoms with Crippen molar-refractivity contribution in [1.29, 1.82) is 0 Å². The van der Waals surface area contributed by atoms with Crippen molar-refractivity contribution in [3.63, 3.8) is 0 Å². The molecule has 0 saturated heterocycles. The molecular formula is C18H17N7O3S. The van der Waals surface area contributed by atoms with Gasteiger partial charge in [0.1, 0.15) is 17.8 Å². The van der Waals surface area contributed by atoms with Gasteiger partial charge >= 0.3 is 0 Å². The van der Waals surface area contributed by atoms with Crippen LogP contribution in [0.4, 0.5) is 5.69 Å². The molecule has 2 aromatic carbocycles. The summed E-state index contributed by atoms with van der Waals surface area (Å²) in [6, 6.07) is 9.75. The van der Waals surface area contributed by atoms with Crippen LogP contribution in [0.5, 0.6) is 5.75 Å². The molecule has 0 fully saturated rings. The van der Waals surface area contributed by atoms with Gasteiger partial charge in [0.05, 0.1) is 18.3 Å². The van der Waals surface area contributed by atoms with Crippen LogP contribution in [0.3, 0.4) is 0 Å². The van der Waals surface area contributed by atoms with Crippen LogP contribution >= 0.6 is 0 Å². The predicted molar refractivity (Wildman–Crippen MR) is 105 cm³/mol. The highest BCUT2D eigenvalue weighted by molar-refractivity contribution is 7.92. The van der Waals surface area contributed by atoms with Crippen molar-refractivity contribution in [1.82, 2.24) is 29.8 Å². The summed E-state index contributed by atoms with van der Waals surface area (Å²) in [7, 11) is -2.36. The molecule has 0 aliphatic heterocycles. The molecule has 0 saturated carbocycles. The minimum absolute atomic E-state index is 0.0557. The number of aromatic nitrogens is 6. The number of nitrogens with zero attached hydrogens (tertiary/aromatic N) is 6. The van der Waals surface area contributed by atoms with Gasteiger partial charge in [0, 0.05) is 23.8 Å². The van der Waals surface area contributed by atoms with E-state index in [1.165, 1.54) is 30.3 Å². The minimum atomic E-state index is -3.84. The smallest absolute Gasteiger partial charge is 0.261 e. The van der Waals surface area contributed by atoms with E-state index in [-0.39, 0.29) is 4.90 Å². The molecule has 0 unspecified atom stereocenters. The molecule has 0 atom stereocenters. The zero-order chi connectivity index (χ0) is 20.4. The number of nitrogens with one attached hydrogen (secondary N) is 1. The Kier molecular flexibility index (Phi) is 4.72. The van der Waals surface area contributed by atoms with E-state index in [0.717, 1.165) is 11.3 Å². The molecule has 4 rings (SSSR count). The van der Waals surface area contributed by atoms with Gasteiger partial charge in [-0.15, -0.1) is 5.10 Å². The number of aryl methyl sites for hydroxylation is 1. The summed E-state index contributed by atoms with van der Waals surface area (Å²) < 4.78 is 36.9. The van der Waals surface area contributed by atoms with E-state index in [4.69, 9.17) is 4.74 Å². The van der Waals surface area contributed by atoms with Crippen LogP contribution in [0.2, 0.25) is 0 Å². The fourth-order valence-electron chi connectivity index (χ4n) is 2.91. The lowest BCUT2D eigenvalue weighted by Crippen LogP contribution is -2.14. The van der Waals surface area contributed by atoms with E-state index in [0.29, 0.717) is 17.1 Å². The Bertz CT molecular complexity index is 1240. The van der Waals surface area contributed by atoms with Crippen LogP contribution in [-0.2, 0) is 10.0 Å². The molecule has 0 amide bonds. The average molecular weight is 411 g/mol. The van der Waals surface area contributed by atoms with Gasteiger partial charge in [-0.05, 0) is 59.3 Å². The molecule has 0 aliphatic rings. The van der Waals surface area contributed by atoms with Crippen molar-refractivity contribution >= 4 is 15.7 Å². The maximum absolute atomic E-state index is 12.9. The molecule has 0 bridgehead atoms. The summed E-state index contributed by atoms with van der Waals surface area (Å²) in [4.78, 5) is 4.09. The molecule has 2 heterocycles. The number of anilines is 1. The minimum Gasteiger partial charge on any atom is -0.494 e. The first-order chi connectivity index (χ1) is 14.0. The van der Waals surface area contributed by atoms with Crippen molar-refractivity contribution in [3.8, 4) is 17.1 Å². The largest absolute Gasteiger partial charge is 0.494 e. The number of methoxy groups -OCH3 is 1. The zero-order valence-electron chi connectivity index (χ0n) is 15.6. The van der Waals surface area contributed by atoms with Crippen molar-refractivity contribution in [2.75, 3.05) is 11.8 Å². The quantitative estimate of drug-likeness (QED) is 0.515. The second kappa shape index (κ2) is 7.36. The number of imidazole rings is 1. The van der Waals surface area contributed by atoms with Crippen LogP contribution in [0, 0.1) is 6.92 Å². The standard InChI is InChI=1S/C18H17N7O3S/c1-13-9-14(3-5-16(13)24-8-7-19-11-24)21-29(26,27)15-4-6-18(28-2)17(10-15)25-12-20-22-23-25/h3-12,21H,1-2H3. The number of benzene rings is 2. The summed E-state index contributed by atoms with van der Waals surface area (Å²) in [6.07, 6.45) is 6.55. The summed E-state index contributed by atoms with van der Waals surface area (Å²) in [5, 5.41) is 11.0. The number of tetrazole rings is 1. The Balaban J connectivity index is 1.66. The highest BCUT2D eigenvalue weighted by Crippen LogP contribution is 2.27. The molecule has 1 N–H and O–H groups in total.